The van der Waals surface area contributed by atoms with Crippen LogP contribution >= 0.6 is 11.6 Å². The molecule has 2 atom stereocenters. The van der Waals surface area contributed by atoms with Gasteiger partial charge in [-0.1, -0.05) is 35.9 Å². The van der Waals surface area contributed by atoms with E-state index in [1.165, 1.54) is 12.1 Å². The van der Waals surface area contributed by atoms with Crippen molar-refractivity contribution in [2.24, 2.45) is 11.7 Å². The van der Waals surface area contributed by atoms with Crippen molar-refractivity contribution < 1.29 is 19.0 Å². The summed E-state index contributed by atoms with van der Waals surface area (Å²) >= 11 is 5.98. The number of rotatable bonds is 12. The van der Waals surface area contributed by atoms with Gasteiger partial charge in [-0.15, -0.1) is 0 Å². The molecule has 7 heteroatoms. The monoisotopic (exact) mass is 436 g/mol. The van der Waals surface area contributed by atoms with Crippen molar-refractivity contribution in [3.63, 3.8) is 0 Å². The average Bonchev–Trinajstić information content (AvgIpc) is 2.73. The lowest BCUT2D eigenvalue weighted by Gasteiger charge is -2.20. The molecule has 0 spiro atoms. The maximum Gasteiger partial charge on any atom is 0.310 e. The number of halogens is 2. The van der Waals surface area contributed by atoms with Crippen molar-refractivity contribution in [1.82, 2.24) is 5.32 Å². The zero-order valence-corrected chi connectivity index (χ0v) is 18.0. The van der Waals surface area contributed by atoms with Crippen LogP contribution in [0, 0.1) is 11.7 Å². The van der Waals surface area contributed by atoms with E-state index in [-0.39, 0.29) is 30.4 Å². The van der Waals surface area contributed by atoms with Crippen LogP contribution in [-0.4, -0.2) is 43.4 Å². The summed E-state index contributed by atoms with van der Waals surface area (Å²) in [6.07, 6.45) is 1.70. The molecule has 0 aromatic heterocycles. The molecule has 164 valence electrons. The van der Waals surface area contributed by atoms with Gasteiger partial charge in [-0.25, -0.2) is 4.39 Å². The fourth-order valence-corrected chi connectivity index (χ4v) is 3.47. The minimum atomic E-state index is -0.349. The number of nitrogens with one attached hydrogen (secondary N) is 1. The van der Waals surface area contributed by atoms with Crippen LogP contribution in [0.4, 0.5) is 4.39 Å². The Morgan fingerprint density at radius 3 is 2.67 bits per heavy atom. The third-order valence-corrected chi connectivity index (χ3v) is 5.04. The van der Waals surface area contributed by atoms with E-state index in [2.05, 4.69) is 5.32 Å². The standard InChI is InChI=1S/C23H30ClFN2O3/c1-2-30-23(29)18(15-27-10-3-11-28)13-20(26)12-16-4-6-17(7-5-16)21-14-19(24)8-9-22(21)25/h4-9,14,18,20,27-28H,2-3,10-13,15,26H2,1H3. The second-order valence-corrected chi connectivity index (χ2v) is 7.69. The molecule has 0 radical (unpaired) electrons. The molecule has 0 fully saturated rings. The highest BCUT2D eigenvalue weighted by Crippen LogP contribution is 2.26. The summed E-state index contributed by atoms with van der Waals surface area (Å²) in [6.45, 7) is 3.29. The molecule has 0 amide bonds. The molecule has 2 aromatic rings. The van der Waals surface area contributed by atoms with Gasteiger partial charge in [0.15, 0.2) is 0 Å². The van der Waals surface area contributed by atoms with Crippen LogP contribution in [0.3, 0.4) is 0 Å². The maximum atomic E-state index is 14.1. The number of hydrogen-bond acceptors (Lipinski definition) is 5. The number of aliphatic hydroxyl groups is 1. The molecule has 0 aliphatic rings. The number of carbonyl (C=O) groups excluding carboxylic acids is 1. The van der Waals surface area contributed by atoms with Crippen LogP contribution in [0.2, 0.25) is 5.02 Å². The highest BCUT2D eigenvalue weighted by atomic mass is 35.5. The van der Waals surface area contributed by atoms with Crippen molar-refractivity contribution >= 4 is 17.6 Å². The Kier molecular flexibility index (Phi) is 10.2. The average molecular weight is 437 g/mol. The lowest BCUT2D eigenvalue weighted by molar-refractivity contribution is -0.148. The normalized spacial score (nSPS) is 13.1. The molecule has 0 bridgehead atoms. The summed E-state index contributed by atoms with van der Waals surface area (Å²) in [5.41, 5.74) is 8.51. The molecular weight excluding hydrogens is 407 g/mol. The van der Waals surface area contributed by atoms with Gasteiger partial charge in [-0.3, -0.25) is 4.79 Å². The maximum absolute atomic E-state index is 14.1. The second-order valence-electron chi connectivity index (χ2n) is 7.25. The molecule has 0 saturated carbocycles. The van der Waals surface area contributed by atoms with E-state index >= 15 is 0 Å². The highest BCUT2D eigenvalue weighted by molar-refractivity contribution is 6.30. The molecule has 0 saturated heterocycles. The largest absolute Gasteiger partial charge is 0.466 e. The van der Waals surface area contributed by atoms with Crippen LogP contribution in [0.25, 0.3) is 11.1 Å². The Morgan fingerprint density at radius 2 is 2.00 bits per heavy atom. The minimum Gasteiger partial charge on any atom is -0.466 e. The van der Waals surface area contributed by atoms with Crippen LogP contribution in [-0.2, 0) is 16.0 Å². The summed E-state index contributed by atoms with van der Waals surface area (Å²) in [5, 5.41) is 12.5. The third kappa shape index (κ3) is 7.69. The Morgan fingerprint density at radius 1 is 1.27 bits per heavy atom. The Labute approximate surface area is 182 Å². The first-order chi connectivity index (χ1) is 14.4. The van der Waals surface area contributed by atoms with Crippen LogP contribution in [0.15, 0.2) is 42.5 Å². The van der Waals surface area contributed by atoms with Crippen LogP contribution in [0.5, 0.6) is 0 Å². The number of hydrogen-bond donors (Lipinski definition) is 3. The molecule has 0 heterocycles. The molecule has 5 nitrogen and oxygen atoms in total. The summed E-state index contributed by atoms with van der Waals surface area (Å²) < 4.78 is 19.2. The number of aliphatic hydroxyl groups excluding tert-OH is 1. The van der Waals surface area contributed by atoms with Gasteiger partial charge in [0, 0.05) is 29.8 Å². The van der Waals surface area contributed by atoms with Crippen molar-refractivity contribution in [3.05, 3.63) is 58.9 Å². The molecule has 2 aromatic carbocycles. The lowest BCUT2D eigenvalue weighted by atomic mass is 9.94. The highest BCUT2D eigenvalue weighted by Gasteiger charge is 2.22. The third-order valence-electron chi connectivity index (χ3n) is 4.80. The van der Waals surface area contributed by atoms with Gasteiger partial charge >= 0.3 is 5.97 Å². The van der Waals surface area contributed by atoms with E-state index in [9.17, 15) is 9.18 Å². The number of carbonyl (C=O) groups is 1. The van der Waals surface area contributed by atoms with E-state index < -0.39 is 0 Å². The Balaban J connectivity index is 1.98. The fraction of sp³-hybridized carbons (Fsp3) is 0.435. The van der Waals surface area contributed by atoms with Gasteiger partial charge in [0.25, 0.3) is 0 Å². The van der Waals surface area contributed by atoms with Gasteiger partial charge in [0.1, 0.15) is 5.82 Å². The molecule has 0 aliphatic heterocycles. The topological polar surface area (TPSA) is 84.6 Å². The smallest absolute Gasteiger partial charge is 0.310 e. The van der Waals surface area contributed by atoms with Gasteiger partial charge in [-0.05, 0) is 62.1 Å². The summed E-state index contributed by atoms with van der Waals surface area (Å²) in [4.78, 5) is 12.2. The molecular formula is C23H30ClFN2O3. The van der Waals surface area contributed by atoms with Crippen LogP contribution in [0.1, 0.15) is 25.3 Å². The zero-order valence-electron chi connectivity index (χ0n) is 17.2. The van der Waals surface area contributed by atoms with Gasteiger partial charge in [0.2, 0.25) is 0 Å². The molecule has 2 unspecified atom stereocenters. The summed E-state index contributed by atoms with van der Waals surface area (Å²) in [7, 11) is 0. The van der Waals surface area contributed by atoms with Gasteiger partial charge in [-0.2, -0.15) is 0 Å². The second kappa shape index (κ2) is 12.6. The van der Waals surface area contributed by atoms with Crippen LogP contribution < -0.4 is 11.1 Å². The van der Waals surface area contributed by atoms with E-state index in [1.807, 2.05) is 24.3 Å². The molecule has 2 rings (SSSR count). The Hall–Kier alpha value is -1.99. The van der Waals surface area contributed by atoms with E-state index in [0.717, 1.165) is 11.1 Å². The van der Waals surface area contributed by atoms with E-state index in [1.54, 1.807) is 13.0 Å². The molecule has 0 aliphatic carbocycles. The predicted molar refractivity (Wildman–Crippen MR) is 118 cm³/mol. The van der Waals surface area contributed by atoms with E-state index in [0.29, 0.717) is 49.5 Å². The minimum absolute atomic E-state index is 0.103. The number of esters is 1. The quantitative estimate of drug-likeness (QED) is 0.350. The number of nitrogens with two attached hydrogens (primary N) is 1. The molecule has 30 heavy (non-hydrogen) atoms. The zero-order chi connectivity index (χ0) is 21.9. The first kappa shape index (κ1) is 24.3. The number of ether oxygens (including phenoxy) is 1. The first-order valence-corrected chi connectivity index (χ1v) is 10.6. The van der Waals surface area contributed by atoms with Gasteiger partial charge in [0.05, 0.1) is 12.5 Å². The molecule has 4 N–H and O–H groups in total. The van der Waals surface area contributed by atoms with E-state index in [4.69, 9.17) is 27.2 Å². The predicted octanol–water partition coefficient (Wildman–Crippen LogP) is 3.56. The van der Waals surface area contributed by atoms with Crippen molar-refractivity contribution in [1.29, 1.82) is 0 Å². The van der Waals surface area contributed by atoms with Crippen molar-refractivity contribution in [3.8, 4) is 11.1 Å². The van der Waals surface area contributed by atoms with Crippen molar-refractivity contribution in [2.45, 2.75) is 32.2 Å². The summed E-state index contributed by atoms with van der Waals surface area (Å²) in [5.74, 6) is -0.940. The number of benzene rings is 2. The Bertz CT molecular complexity index is 802. The SMILES string of the molecule is CCOC(=O)C(CNCCCO)CC(N)Cc1ccc(-c2cc(Cl)ccc2F)cc1. The fourth-order valence-electron chi connectivity index (χ4n) is 3.29. The first-order valence-electron chi connectivity index (χ1n) is 10.2. The lowest BCUT2D eigenvalue weighted by Crippen LogP contribution is -2.36. The summed E-state index contributed by atoms with van der Waals surface area (Å²) in [6, 6.07) is 11.8. The van der Waals surface area contributed by atoms with Crippen molar-refractivity contribution in [2.75, 3.05) is 26.3 Å². The van der Waals surface area contributed by atoms with Gasteiger partial charge < -0.3 is 20.9 Å².